The summed E-state index contributed by atoms with van der Waals surface area (Å²) >= 11 is 0. The molecule has 0 atom stereocenters. The first-order chi connectivity index (χ1) is 16.6. The Morgan fingerprint density at radius 1 is 0.686 bits per heavy atom. The molecule has 3 aromatic carbocycles. The second-order valence-corrected chi connectivity index (χ2v) is 12.1. The van der Waals surface area contributed by atoms with Crippen molar-refractivity contribution in [2.45, 2.75) is 29.6 Å². The lowest BCUT2D eigenvalue weighted by molar-refractivity contribution is 0.566. The first kappa shape index (κ1) is 27.1. The molecule has 0 aromatic heterocycles. The predicted octanol–water partition coefficient (Wildman–Crippen LogP) is 2.84. The molecular weight excluding hydrogens is 484 g/mol. The Hall–Kier alpha value is -2.50. The number of hydrogen-bond donors (Lipinski definition) is 3. The van der Waals surface area contributed by atoms with E-state index in [1.165, 1.54) is 0 Å². The summed E-state index contributed by atoms with van der Waals surface area (Å²) in [6.07, 6.45) is 1.24. The fraction of sp³-hybridized carbons (Fsp3) is 0.360. The van der Waals surface area contributed by atoms with Gasteiger partial charge in [0.25, 0.3) is 0 Å². The van der Waals surface area contributed by atoms with Crippen LogP contribution in [0.3, 0.4) is 0 Å². The van der Waals surface area contributed by atoms with Crippen molar-refractivity contribution < 1.29 is 16.8 Å². The third-order valence-corrected chi connectivity index (χ3v) is 8.60. The van der Waals surface area contributed by atoms with E-state index >= 15 is 0 Å². The van der Waals surface area contributed by atoms with Crippen molar-refractivity contribution in [3.63, 3.8) is 0 Å². The monoisotopic (exact) mass is 518 g/mol. The van der Waals surface area contributed by atoms with Crippen molar-refractivity contribution in [2.75, 3.05) is 45.2 Å². The molecule has 10 heteroatoms. The quantitative estimate of drug-likeness (QED) is 0.301. The Bertz CT molecular complexity index is 1340. The van der Waals surface area contributed by atoms with Crippen molar-refractivity contribution in [1.82, 2.24) is 14.8 Å². The van der Waals surface area contributed by atoms with Crippen LogP contribution in [0, 0.1) is 6.92 Å². The molecule has 0 spiro atoms. The Morgan fingerprint density at radius 2 is 1.26 bits per heavy atom. The topological polar surface area (TPSA) is 108 Å². The largest absolute Gasteiger partial charge is 0.377 e. The summed E-state index contributed by atoms with van der Waals surface area (Å²) in [5.41, 5.74) is 1.97. The van der Waals surface area contributed by atoms with Gasteiger partial charge in [-0.2, -0.15) is 0 Å². The molecule has 3 aromatic rings. The van der Waals surface area contributed by atoms with Gasteiger partial charge in [-0.25, -0.2) is 26.3 Å². The van der Waals surface area contributed by atoms with E-state index in [9.17, 15) is 16.8 Å². The van der Waals surface area contributed by atoms with Crippen LogP contribution in [-0.4, -0.2) is 57.1 Å². The molecule has 0 unspecified atom stereocenters. The van der Waals surface area contributed by atoms with E-state index in [1.54, 1.807) is 36.4 Å². The molecular formula is C25H34N4O4S2. The van der Waals surface area contributed by atoms with Gasteiger partial charge in [-0.1, -0.05) is 42.0 Å². The van der Waals surface area contributed by atoms with Crippen LogP contribution in [0.25, 0.3) is 10.8 Å². The maximum Gasteiger partial charge on any atom is 0.241 e. The zero-order chi connectivity index (χ0) is 25.5. The van der Waals surface area contributed by atoms with Crippen LogP contribution in [0.15, 0.2) is 70.5 Å². The second-order valence-electron chi connectivity index (χ2n) is 8.59. The molecule has 0 aliphatic rings. The van der Waals surface area contributed by atoms with Gasteiger partial charge in [0.1, 0.15) is 0 Å². The molecule has 0 fully saturated rings. The van der Waals surface area contributed by atoms with Crippen LogP contribution < -0.4 is 19.7 Å². The van der Waals surface area contributed by atoms with Crippen molar-refractivity contribution in [3.05, 3.63) is 66.2 Å². The van der Waals surface area contributed by atoms with Crippen molar-refractivity contribution in [2.24, 2.45) is 0 Å². The molecule has 0 aliphatic heterocycles. The minimum Gasteiger partial charge on any atom is -0.377 e. The number of anilines is 1. The number of nitrogens with zero attached hydrogens (tertiary/aromatic N) is 1. The summed E-state index contributed by atoms with van der Waals surface area (Å²) in [7, 11) is -3.29. The second kappa shape index (κ2) is 12.0. The van der Waals surface area contributed by atoms with E-state index in [1.807, 2.05) is 50.2 Å². The Labute approximate surface area is 208 Å². The summed E-state index contributed by atoms with van der Waals surface area (Å²) in [5.74, 6) is 0. The van der Waals surface area contributed by atoms with E-state index in [4.69, 9.17) is 0 Å². The van der Waals surface area contributed by atoms with Gasteiger partial charge in [0.05, 0.1) is 9.79 Å². The van der Waals surface area contributed by atoms with Crippen molar-refractivity contribution >= 4 is 36.5 Å². The van der Waals surface area contributed by atoms with Crippen molar-refractivity contribution in [1.29, 1.82) is 0 Å². The number of nitrogens with one attached hydrogen (secondary N) is 3. The van der Waals surface area contributed by atoms with E-state index in [0.717, 1.165) is 16.6 Å². The summed E-state index contributed by atoms with van der Waals surface area (Å²) in [4.78, 5) is 2.49. The van der Waals surface area contributed by atoms with Gasteiger partial charge in [0.2, 0.25) is 20.0 Å². The van der Waals surface area contributed by atoms with E-state index in [0.29, 0.717) is 44.4 Å². The number of aryl methyl sites for hydroxylation is 1. The maximum absolute atomic E-state index is 12.9. The molecule has 0 saturated heterocycles. The van der Waals surface area contributed by atoms with Gasteiger partial charge in [-0.3, -0.25) is 0 Å². The SMILES string of the molecule is Cc1ccc(S(=O)(=O)NCCCNCCCNS(=O)(=O)c2cccc3c(N(C)C)cccc23)cc1. The number of fused-ring (bicyclic) bond motifs is 1. The third-order valence-electron chi connectivity index (χ3n) is 5.61. The third kappa shape index (κ3) is 7.25. The van der Waals surface area contributed by atoms with Crippen LogP contribution in [0.4, 0.5) is 5.69 Å². The zero-order valence-electron chi connectivity index (χ0n) is 20.4. The molecule has 190 valence electrons. The van der Waals surface area contributed by atoms with Gasteiger partial charge in [0.15, 0.2) is 0 Å². The predicted molar refractivity (Wildman–Crippen MR) is 142 cm³/mol. The van der Waals surface area contributed by atoms with Crippen LogP contribution in [0.2, 0.25) is 0 Å². The van der Waals surface area contributed by atoms with Crippen molar-refractivity contribution in [3.8, 4) is 0 Å². The molecule has 0 radical (unpaired) electrons. The number of sulfonamides is 2. The summed E-state index contributed by atoms with van der Waals surface area (Å²) in [5, 5.41) is 4.80. The highest BCUT2D eigenvalue weighted by Gasteiger charge is 2.18. The van der Waals surface area contributed by atoms with Crippen LogP contribution in [0.1, 0.15) is 18.4 Å². The number of benzene rings is 3. The lowest BCUT2D eigenvalue weighted by atomic mass is 10.1. The lowest BCUT2D eigenvalue weighted by Gasteiger charge is -2.17. The summed E-state index contributed by atoms with van der Waals surface area (Å²) < 4.78 is 55.7. The highest BCUT2D eigenvalue weighted by Crippen LogP contribution is 2.30. The number of hydrogen-bond acceptors (Lipinski definition) is 6. The standard InChI is InChI=1S/C25H34N4O4S2/c1-20-12-14-21(15-13-20)34(30,31)27-18-6-16-26-17-7-19-28-35(32,33)25-11-5-8-22-23(25)9-4-10-24(22)29(2)3/h4-5,8-15,26-28H,6-7,16-19H2,1-3H3. The first-order valence-electron chi connectivity index (χ1n) is 11.6. The molecule has 35 heavy (non-hydrogen) atoms. The van der Waals surface area contributed by atoms with Gasteiger partial charge >= 0.3 is 0 Å². The smallest absolute Gasteiger partial charge is 0.241 e. The summed E-state index contributed by atoms with van der Waals surface area (Å²) in [6.45, 7) is 3.78. The Kier molecular flexibility index (Phi) is 9.26. The van der Waals surface area contributed by atoms with Gasteiger partial charge in [-0.05, 0) is 57.1 Å². The highest BCUT2D eigenvalue weighted by atomic mass is 32.2. The normalized spacial score (nSPS) is 12.2. The molecule has 8 nitrogen and oxygen atoms in total. The fourth-order valence-corrected chi connectivity index (χ4v) is 6.10. The van der Waals surface area contributed by atoms with Gasteiger partial charge in [0, 0.05) is 43.6 Å². The molecule has 0 saturated carbocycles. The van der Waals surface area contributed by atoms with Crippen LogP contribution in [-0.2, 0) is 20.0 Å². The van der Waals surface area contributed by atoms with E-state index in [2.05, 4.69) is 14.8 Å². The summed E-state index contributed by atoms with van der Waals surface area (Å²) in [6, 6.07) is 17.7. The highest BCUT2D eigenvalue weighted by molar-refractivity contribution is 7.90. The average Bonchev–Trinajstić information content (AvgIpc) is 2.82. The first-order valence-corrected chi connectivity index (χ1v) is 14.5. The molecule has 0 aliphatic carbocycles. The maximum atomic E-state index is 12.9. The van der Waals surface area contributed by atoms with E-state index < -0.39 is 20.0 Å². The zero-order valence-corrected chi connectivity index (χ0v) is 22.0. The minimum atomic E-state index is -3.65. The number of rotatable bonds is 13. The van der Waals surface area contributed by atoms with Gasteiger partial charge in [-0.15, -0.1) is 0 Å². The lowest BCUT2D eigenvalue weighted by Crippen LogP contribution is -2.30. The molecule has 3 N–H and O–H groups in total. The molecule has 3 rings (SSSR count). The molecule has 0 heterocycles. The Balaban J connectivity index is 1.40. The van der Waals surface area contributed by atoms with Crippen LogP contribution >= 0.6 is 0 Å². The van der Waals surface area contributed by atoms with Gasteiger partial charge < -0.3 is 10.2 Å². The van der Waals surface area contributed by atoms with Crippen LogP contribution in [0.5, 0.6) is 0 Å². The fourth-order valence-electron chi connectivity index (χ4n) is 3.73. The molecule has 0 bridgehead atoms. The van der Waals surface area contributed by atoms with E-state index in [-0.39, 0.29) is 9.79 Å². The minimum absolute atomic E-state index is 0.257. The molecule has 0 amide bonds. The average molecular weight is 519 g/mol. The Morgan fingerprint density at radius 3 is 1.89 bits per heavy atom.